The summed E-state index contributed by atoms with van der Waals surface area (Å²) < 4.78 is 18.7. The summed E-state index contributed by atoms with van der Waals surface area (Å²) in [5, 5.41) is 10.7. The van der Waals surface area contributed by atoms with Crippen LogP contribution in [0.15, 0.2) is 36.4 Å². The van der Waals surface area contributed by atoms with Gasteiger partial charge in [0.2, 0.25) is 0 Å². The van der Waals surface area contributed by atoms with E-state index >= 15 is 0 Å². The molecule has 0 aromatic heterocycles. The van der Waals surface area contributed by atoms with Crippen LogP contribution in [0.3, 0.4) is 0 Å². The topological polar surface area (TPSA) is 52.4 Å². The molecule has 6 heteroatoms. The molecule has 0 aliphatic rings. The van der Waals surface area contributed by atoms with Crippen LogP contribution in [0.1, 0.15) is 11.1 Å². The molecular weight excluding hydrogens is 285 g/mol. The number of benzene rings is 2. The van der Waals surface area contributed by atoms with E-state index in [1.807, 2.05) is 0 Å². The van der Waals surface area contributed by atoms with Crippen LogP contribution in [0.25, 0.3) is 0 Å². The summed E-state index contributed by atoms with van der Waals surface area (Å²) in [6.45, 7) is 1.62. The average Bonchev–Trinajstić information content (AvgIpc) is 2.40. The van der Waals surface area contributed by atoms with Crippen molar-refractivity contribution in [3.8, 4) is 11.5 Å². The molecule has 0 radical (unpaired) electrons. The van der Waals surface area contributed by atoms with E-state index in [0.717, 1.165) is 0 Å². The van der Waals surface area contributed by atoms with Crippen LogP contribution in [0.2, 0.25) is 0 Å². The van der Waals surface area contributed by atoms with Crippen LogP contribution < -0.4 is 4.74 Å². The molecule has 0 fully saturated rings. The van der Waals surface area contributed by atoms with Crippen molar-refractivity contribution >= 4 is 17.3 Å². The number of hydrogen-bond donors (Lipinski definition) is 0. The van der Waals surface area contributed by atoms with Crippen LogP contribution in [0.4, 0.5) is 10.1 Å². The summed E-state index contributed by atoms with van der Waals surface area (Å²) in [4.78, 5) is 10.3. The molecule has 0 atom stereocenters. The predicted molar refractivity (Wildman–Crippen MR) is 73.9 cm³/mol. The monoisotopic (exact) mass is 295 g/mol. The summed E-state index contributed by atoms with van der Waals surface area (Å²) in [6, 6.07) is 8.45. The van der Waals surface area contributed by atoms with Gasteiger partial charge in [0, 0.05) is 17.2 Å². The second-order valence-corrected chi connectivity index (χ2v) is 4.46. The van der Waals surface area contributed by atoms with E-state index < -0.39 is 10.7 Å². The summed E-state index contributed by atoms with van der Waals surface area (Å²) in [5.74, 6) is 0.576. The first-order valence-electron chi connectivity index (χ1n) is 5.78. The molecule has 0 unspecified atom stereocenters. The van der Waals surface area contributed by atoms with Gasteiger partial charge in [0.15, 0.2) is 0 Å². The number of ether oxygens (including phenoxy) is 1. The Morgan fingerprint density at radius 2 is 2.05 bits per heavy atom. The Morgan fingerprint density at radius 1 is 1.30 bits per heavy atom. The summed E-state index contributed by atoms with van der Waals surface area (Å²) >= 11 is 5.73. The van der Waals surface area contributed by atoms with Gasteiger partial charge in [0.1, 0.15) is 17.3 Å². The van der Waals surface area contributed by atoms with Crippen LogP contribution >= 0.6 is 11.6 Å². The largest absolute Gasteiger partial charge is 0.457 e. The lowest BCUT2D eigenvalue weighted by atomic mass is 10.2. The molecule has 0 aliphatic carbocycles. The molecule has 2 aromatic carbocycles. The lowest BCUT2D eigenvalue weighted by Gasteiger charge is -2.10. The molecular formula is C14H11ClFNO3. The SMILES string of the molecule is Cc1cc(Oc2ccc(F)cc2CCl)ccc1[N+](=O)[O-]. The number of alkyl halides is 1. The van der Waals surface area contributed by atoms with Crippen molar-refractivity contribution in [2.45, 2.75) is 12.8 Å². The molecule has 0 spiro atoms. The van der Waals surface area contributed by atoms with Crippen molar-refractivity contribution in [2.24, 2.45) is 0 Å². The van der Waals surface area contributed by atoms with E-state index in [1.54, 1.807) is 13.0 Å². The molecule has 0 N–H and O–H groups in total. The van der Waals surface area contributed by atoms with E-state index in [0.29, 0.717) is 22.6 Å². The molecule has 2 rings (SSSR count). The highest BCUT2D eigenvalue weighted by Crippen LogP contribution is 2.30. The van der Waals surface area contributed by atoms with Crippen molar-refractivity contribution in [1.82, 2.24) is 0 Å². The van der Waals surface area contributed by atoms with E-state index in [2.05, 4.69) is 0 Å². The summed E-state index contributed by atoms with van der Waals surface area (Å²) in [7, 11) is 0. The van der Waals surface area contributed by atoms with Crippen LogP contribution in [-0.2, 0) is 5.88 Å². The minimum absolute atomic E-state index is 0.0222. The zero-order chi connectivity index (χ0) is 14.7. The van der Waals surface area contributed by atoms with E-state index in [9.17, 15) is 14.5 Å². The zero-order valence-corrected chi connectivity index (χ0v) is 11.4. The van der Waals surface area contributed by atoms with E-state index in [-0.39, 0.29) is 11.6 Å². The van der Waals surface area contributed by atoms with Gasteiger partial charge in [-0.2, -0.15) is 0 Å². The lowest BCUT2D eigenvalue weighted by Crippen LogP contribution is -1.94. The molecule has 0 amide bonds. The third kappa shape index (κ3) is 3.05. The standard InChI is InChI=1S/C14H11ClFNO3/c1-9-6-12(3-4-13(9)17(18)19)20-14-5-2-11(16)7-10(14)8-15/h2-7H,8H2,1H3. The fourth-order valence-corrected chi connectivity index (χ4v) is 1.98. The Labute approximate surface area is 119 Å². The van der Waals surface area contributed by atoms with Crippen molar-refractivity contribution in [1.29, 1.82) is 0 Å². The highest BCUT2D eigenvalue weighted by atomic mass is 35.5. The third-order valence-corrected chi connectivity index (χ3v) is 3.05. The molecule has 0 heterocycles. The van der Waals surface area contributed by atoms with Gasteiger partial charge in [-0.25, -0.2) is 4.39 Å². The normalized spacial score (nSPS) is 10.3. The van der Waals surface area contributed by atoms with Crippen LogP contribution in [0.5, 0.6) is 11.5 Å². The first-order valence-corrected chi connectivity index (χ1v) is 6.32. The van der Waals surface area contributed by atoms with Gasteiger partial charge in [0.05, 0.1) is 10.8 Å². The highest BCUT2D eigenvalue weighted by molar-refractivity contribution is 6.17. The fourth-order valence-electron chi connectivity index (χ4n) is 1.78. The Morgan fingerprint density at radius 3 is 2.65 bits per heavy atom. The molecule has 0 aliphatic heterocycles. The zero-order valence-electron chi connectivity index (χ0n) is 10.6. The minimum atomic E-state index is -0.457. The van der Waals surface area contributed by atoms with Gasteiger partial charge < -0.3 is 4.74 Å². The highest BCUT2D eigenvalue weighted by Gasteiger charge is 2.12. The van der Waals surface area contributed by atoms with Gasteiger partial charge in [0.25, 0.3) is 5.69 Å². The number of nitro groups is 1. The maximum absolute atomic E-state index is 13.1. The predicted octanol–water partition coefficient (Wildman–Crippen LogP) is 4.57. The molecule has 2 aromatic rings. The van der Waals surface area contributed by atoms with Gasteiger partial charge in [-0.1, -0.05) is 0 Å². The fraction of sp³-hybridized carbons (Fsp3) is 0.143. The van der Waals surface area contributed by atoms with E-state index in [4.69, 9.17) is 16.3 Å². The minimum Gasteiger partial charge on any atom is -0.457 e. The molecule has 20 heavy (non-hydrogen) atoms. The number of nitrogens with zero attached hydrogens (tertiary/aromatic N) is 1. The maximum atomic E-state index is 13.1. The number of rotatable bonds is 4. The van der Waals surface area contributed by atoms with Crippen LogP contribution in [-0.4, -0.2) is 4.92 Å². The third-order valence-electron chi connectivity index (χ3n) is 2.76. The lowest BCUT2D eigenvalue weighted by molar-refractivity contribution is -0.385. The van der Waals surface area contributed by atoms with Crippen molar-refractivity contribution in [2.75, 3.05) is 0 Å². The molecule has 0 saturated carbocycles. The molecule has 4 nitrogen and oxygen atoms in total. The summed E-state index contributed by atoms with van der Waals surface area (Å²) in [6.07, 6.45) is 0. The smallest absolute Gasteiger partial charge is 0.272 e. The molecule has 0 bridgehead atoms. The molecule has 104 valence electrons. The first-order chi connectivity index (χ1) is 9.51. The Balaban J connectivity index is 2.31. The first kappa shape index (κ1) is 14.3. The number of aryl methyl sites for hydroxylation is 1. The number of hydrogen-bond acceptors (Lipinski definition) is 3. The number of halogens is 2. The second kappa shape index (κ2) is 5.88. The van der Waals surface area contributed by atoms with Crippen molar-refractivity contribution in [3.63, 3.8) is 0 Å². The summed E-state index contributed by atoms with van der Waals surface area (Å²) in [5.41, 5.74) is 1.03. The maximum Gasteiger partial charge on any atom is 0.272 e. The van der Waals surface area contributed by atoms with Crippen LogP contribution in [0, 0.1) is 22.9 Å². The molecule has 0 saturated heterocycles. The van der Waals surface area contributed by atoms with Crippen molar-refractivity contribution < 1.29 is 14.1 Å². The quantitative estimate of drug-likeness (QED) is 0.471. The Bertz CT molecular complexity index is 661. The van der Waals surface area contributed by atoms with E-state index in [1.165, 1.54) is 30.3 Å². The Hall–Kier alpha value is -2.14. The Kier molecular flexibility index (Phi) is 4.20. The van der Waals surface area contributed by atoms with Gasteiger partial charge in [-0.05, 0) is 37.3 Å². The van der Waals surface area contributed by atoms with Gasteiger partial charge in [-0.15, -0.1) is 11.6 Å². The second-order valence-electron chi connectivity index (χ2n) is 4.19. The number of nitro benzene ring substituents is 1. The van der Waals surface area contributed by atoms with Crippen molar-refractivity contribution in [3.05, 3.63) is 63.5 Å². The average molecular weight is 296 g/mol. The van der Waals surface area contributed by atoms with Gasteiger partial charge in [-0.3, -0.25) is 10.1 Å². The van der Waals surface area contributed by atoms with Gasteiger partial charge >= 0.3 is 0 Å².